The fourth-order valence-electron chi connectivity index (χ4n) is 1.84. The number of aromatic nitrogens is 1. The van der Waals surface area contributed by atoms with Gasteiger partial charge in [0, 0.05) is 12.7 Å². The molecule has 0 spiro atoms. The maximum atomic E-state index is 13.3. The van der Waals surface area contributed by atoms with Gasteiger partial charge >= 0.3 is 6.18 Å². The van der Waals surface area contributed by atoms with E-state index < -0.39 is 17.6 Å². The summed E-state index contributed by atoms with van der Waals surface area (Å²) < 4.78 is 51.1. The summed E-state index contributed by atoms with van der Waals surface area (Å²) in [7, 11) is 0. The third-order valence-electron chi connectivity index (χ3n) is 2.87. The lowest BCUT2D eigenvalue weighted by Gasteiger charge is -2.13. The van der Waals surface area contributed by atoms with Crippen LogP contribution in [0.4, 0.5) is 23.2 Å². The molecule has 7 heteroatoms. The summed E-state index contributed by atoms with van der Waals surface area (Å²) in [4.78, 5) is 3.88. The zero-order valence-corrected chi connectivity index (χ0v) is 11.7. The predicted octanol–water partition coefficient (Wildman–Crippen LogP) is 4.81. The molecule has 2 rings (SSSR count). The number of aryl methyl sites for hydroxylation is 1. The van der Waals surface area contributed by atoms with Crippen molar-refractivity contribution < 1.29 is 17.6 Å². The maximum Gasteiger partial charge on any atom is 0.416 e. The minimum atomic E-state index is -4.58. The van der Waals surface area contributed by atoms with Gasteiger partial charge in [0.2, 0.25) is 0 Å². The highest BCUT2D eigenvalue weighted by molar-refractivity contribution is 6.32. The third-order valence-corrected chi connectivity index (χ3v) is 3.15. The van der Waals surface area contributed by atoms with Crippen LogP contribution < -0.4 is 5.32 Å². The van der Waals surface area contributed by atoms with E-state index in [1.807, 2.05) is 0 Å². The molecule has 0 saturated carbocycles. The molecule has 0 amide bonds. The van der Waals surface area contributed by atoms with Crippen molar-refractivity contribution in [1.82, 2.24) is 4.98 Å². The molecule has 0 saturated heterocycles. The monoisotopic (exact) mass is 318 g/mol. The van der Waals surface area contributed by atoms with E-state index in [4.69, 9.17) is 11.6 Å². The van der Waals surface area contributed by atoms with Crippen molar-refractivity contribution in [2.24, 2.45) is 0 Å². The van der Waals surface area contributed by atoms with E-state index in [0.717, 1.165) is 17.7 Å². The highest BCUT2D eigenvalue weighted by atomic mass is 35.5. The zero-order chi connectivity index (χ0) is 15.6. The molecule has 0 fully saturated rings. The maximum absolute atomic E-state index is 13.3. The molecule has 0 atom stereocenters. The van der Waals surface area contributed by atoms with Crippen LogP contribution >= 0.6 is 11.6 Å². The summed E-state index contributed by atoms with van der Waals surface area (Å²) in [5.41, 5.74) is 0.453. The topological polar surface area (TPSA) is 24.9 Å². The average molecular weight is 319 g/mol. The lowest BCUT2D eigenvalue weighted by molar-refractivity contribution is -0.137. The zero-order valence-electron chi connectivity index (χ0n) is 10.9. The molecule has 0 aliphatic heterocycles. The number of alkyl halides is 3. The van der Waals surface area contributed by atoms with Gasteiger partial charge in [-0.3, -0.25) is 0 Å². The number of benzene rings is 1. The molecule has 1 heterocycles. The van der Waals surface area contributed by atoms with E-state index in [9.17, 15) is 17.6 Å². The van der Waals surface area contributed by atoms with Gasteiger partial charge in [-0.1, -0.05) is 11.6 Å². The standard InChI is InChI=1S/C14H11ClF4N2/c1-8-2-3-20-13(15)12(8)21-7-9-4-10(14(17,18)19)6-11(16)5-9/h2-6,21H,7H2,1H3. The van der Waals surface area contributed by atoms with Crippen LogP contribution in [0.1, 0.15) is 16.7 Å². The van der Waals surface area contributed by atoms with Gasteiger partial charge in [-0.05, 0) is 42.3 Å². The number of halogens is 5. The summed E-state index contributed by atoms with van der Waals surface area (Å²) in [6.07, 6.45) is -3.06. The van der Waals surface area contributed by atoms with Gasteiger partial charge in [0.05, 0.1) is 11.3 Å². The fourth-order valence-corrected chi connectivity index (χ4v) is 2.12. The predicted molar refractivity (Wildman–Crippen MR) is 72.7 cm³/mol. The van der Waals surface area contributed by atoms with Crippen LogP contribution in [-0.4, -0.2) is 4.98 Å². The fraction of sp³-hybridized carbons (Fsp3) is 0.214. The van der Waals surface area contributed by atoms with Crippen molar-refractivity contribution in [3.8, 4) is 0 Å². The molecular formula is C14H11ClF4N2. The van der Waals surface area contributed by atoms with E-state index in [1.54, 1.807) is 13.0 Å². The normalized spacial score (nSPS) is 11.5. The molecular weight excluding hydrogens is 308 g/mol. The third kappa shape index (κ3) is 3.85. The largest absolute Gasteiger partial charge is 0.416 e. The second-order valence-electron chi connectivity index (χ2n) is 4.49. The van der Waals surface area contributed by atoms with Gasteiger partial charge in [-0.25, -0.2) is 9.37 Å². The number of hydrogen-bond acceptors (Lipinski definition) is 2. The summed E-state index contributed by atoms with van der Waals surface area (Å²) in [5.74, 6) is -0.935. The summed E-state index contributed by atoms with van der Waals surface area (Å²) in [5, 5.41) is 3.09. The summed E-state index contributed by atoms with van der Waals surface area (Å²) in [6, 6.07) is 4.12. The molecule has 1 aromatic carbocycles. The Morgan fingerprint density at radius 1 is 1.24 bits per heavy atom. The molecule has 1 aromatic heterocycles. The second kappa shape index (κ2) is 5.89. The molecule has 1 N–H and O–H groups in total. The Morgan fingerprint density at radius 2 is 1.95 bits per heavy atom. The lowest BCUT2D eigenvalue weighted by atomic mass is 10.1. The van der Waals surface area contributed by atoms with Crippen LogP contribution in [0.15, 0.2) is 30.5 Å². The van der Waals surface area contributed by atoms with Gasteiger partial charge in [0.15, 0.2) is 5.15 Å². The van der Waals surface area contributed by atoms with E-state index in [-0.39, 0.29) is 17.3 Å². The highest BCUT2D eigenvalue weighted by Crippen LogP contribution is 2.31. The number of nitrogens with zero attached hydrogens (tertiary/aromatic N) is 1. The molecule has 0 radical (unpaired) electrons. The van der Waals surface area contributed by atoms with E-state index in [1.165, 1.54) is 6.20 Å². The van der Waals surface area contributed by atoms with E-state index in [0.29, 0.717) is 11.8 Å². The first-order valence-electron chi connectivity index (χ1n) is 5.99. The van der Waals surface area contributed by atoms with E-state index >= 15 is 0 Å². The Hall–Kier alpha value is -1.82. The van der Waals surface area contributed by atoms with Crippen molar-refractivity contribution in [3.63, 3.8) is 0 Å². The van der Waals surface area contributed by atoms with Gasteiger partial charge in [-0.2, -0.15) is 13.2 Å². The van der Waals surface area contributed by atoms with Gasteiger partial charge in [-0.15, -0.1) is 0 Å². The lowest BCUT2D eigenvalue weighted by Crippen LogP contribution is -2.08. The van der Waals surface area contributed by atoms with Crippen LogP contribution in [-0.2, 0) is 12.7 Å². The molecule has 2 aromatic rings. The van der Waals surface area contributed by atoms with Crippen molar-refractivity contribution >= 4 is 17.3 Å². The van der Waals surface area contributed by atoms with Crippen LogP contribution in [0.5, 0.6) is 0 Å². The highest BCUT2D eigenvalue weighted by Gasteiger charge is 2.31. The van der Waals surface area contributed by atoms with Crippen molar-refractivity contribution in [3.05, 3.63) is 58.1 Å². The first-order valence-corrected chi connectivity index (χ1v) is 6.37. The quantitative estimate of drug-likeness (QED) is 0.648. The minimum Gasteiger partial charge on any atom is -0.378 e. The Balaban J connectivity index is 2.23. The number of hydrogen-bond donors (Lipinski definition) is 1. The van der Waals surface area contributed by atoms with Gasteiger partial charge < -0.3 is 5.32 Å². The minimum absolute atomic E-state index is 0.00704. The average Bonchev–Trinajstić information content (AvgIpc) is 2.36. The van der Waals surface area contributed by atoms with Crippen molar-refractivity contribution in [1.29, 1.82) is 0 Å². The number of pyridine rings is 1. The molecule has 0 aliphatic carbocycles. The molecule has 21 heavy (non-hydrogen) atoms. The van der Waals surface area contributed by atoms with Crippen molar-refractivity contribution in [2.75, 3.05) is 5.32 Å². The smallest absolute Gasteiger partial charge is 0.378 e. The SMILES string of the molecule is Cc1ccnc(Cl)c1NCc1cc(F)cc(C(F)(F)F)c1. The Morgan fingerprint density at radius 3 is 2.57 bits per heavy atom. The van der Waals surface area contributed by atoms with Crippen LogP contribution in [0, 0.1) is 12.7 Å². The first kappa shape index (κ1) is 15.6. The number of nitrogens with one attached hydrogen (secondary N) is 1. The number of anilines is 1. The van der Waals surface area contributed by atoms with Crippen LogP contribution in [0.25, 0.3) is 0 Å². The van der Waals surface area contributed by atoms with Gasteiger partial charge in [0.1, 0.15) is 5.82 Å². The Labute approximate surface area is 123 Å². The second-order valence-corrected chi connectivity index (χ2v) is 4.85. The molecule has 0 bridgehead atoms. The Kier molecular flexibility index (Phi) is 4.37. The number of rotatable bonds is 3. The first-order chi connectivity index (χ1) is 9.77. The van der Waals surface area contributed by atoms with E-state index in [2.05, 4.69) is 10.3 Å². The van der Waals surface area contributed by atoms with Crippen LogP contribution in [0.3, 0.4) is 0 Å². The van der Waals surface area contributed by atoms with Crippen molar-refractivity contribution in [2.45, 2.75) is 19.6 Å². The van der Waals surface area contributed by atoms with Gasteiger partial charge in [0.25, 0.3) is 0 Å². The Bertz CT molecular complexity index is 636. The summed E-state index contributed by atoms with van der Waals surface area (Å²) in [6.45, 7) is 1.79. The molecule has 0 unspecified atom stereocenters. The molecule has 2 nitrogen and oxygen atoms in total. The molecule has 0 aliphatic rings. The van der Waals surface area contributed by atoms with Crippen LogP contribution in [0.2, 0.25) is 5.15 Å². The summed E-state index contributed by atoms with van der Waals surface area (Å²) >= 11 is 5.90. The molecule has 112 valence electrons.